The molecule has 5 heterocycles. The highest BCUT2D eigenvalue weighted by Crippen LogP contribution is 2.38. The van der Waals surface area contributed by atoms with Crippen molar-refractivity contribution in [2.45, 2.75) is 25.5 Å². The summed E-state index contributed by atoms with van der Waals surface area (Å²) >= 11 is 0. The molecule has 4 aromatic heterocycles. The SMILES string of the molecule is COCc1ccn2nc([C@@H]3CCCN3c3ncnc4[nH]cc(F)c34)n(-c3ccccc3)c(=O)c12. The van der Waals surface area contributed by atoms with Crippen LogP contribution in [0.1, 0.15) is 30.3 Å². The van der Waals surface area contributed by atoms with Gasteiger partial charge >= 0.3 is 0 Å². The number of aromatic amines is 1. The van der Waals surface area contributed by atoms with Gasteiger partial charge in [-0.3, -0.25) is 9.36 Å². The van der Waals surface area contributed by atoms with E-state index in [0.717, 1.165) is 24.1 Å². The van der Waals surface area contributed by atoms with Crippen molar-refractivity contribution in [2.75, 3.05) is 18.6 Å². The Bertz CT molecular complexity index is 1560. The molecule has 0 bridgehead atoms. The number of H-pyrrole nitrogens is 1. The summed E-state index contributed by atoms with van der Waals surface area (Å²) in [6, 6.07) is 11.0. The van der Waals surface area contributed by atoms with E-state index in [1.807, 2.05) is 41.3 Å². The standard InChI is InChI=1S/C24H22FN7O2/c1-34-13-15-9-11-31-20(15)24(33)32(16-6-3-2-4-7-16)22(29-31)18-8-5-10-30(18)23-19-17(25)12-26-21(19)27-14-28-23/h2-4,6-7,9,11-12,14,18H,5,8,10,13H2,1H3,(H,26,27,28)/t18-/m0/s1. The molecule has 0 unspecified atom stereocenters. The number of rotatable bonds is 5. The van der Waals surface area contributed by atoms with E-state index in [0.29, 0.717) is 41.3 Å². The number of ether oxygens (including phenoxy) is 1. The van der Waals surface area contributed by atoms with Gasteiger partial charge in [-0.05, 0) is 31.0 Å². The highest BCUT2D eigenvalue weighted by Gasteiger charge is 2.34. The Labute approximate surface area is 193 Å². The minimum atomic E-state index is -0.408. The predicted octanol–water partition coefficient (Wildman–Crippen LogP) is 3.38. The Kier molecular flexibility index (Phi) is 4.88. The highest BCUT2D eigenvalue weighted by atomic mass is 19.1. The maximum Gasteiger partial charge on any atom is 0.282 e. The molecular formula is C24H22FN7O2. The van der Waals surface area contributed by atoms with Gasteiger partial charge in [-0.25, -0.2) is 18.9 Å². The van der Waals surface area contributed by atoms with Gasteiger partial charge in [-0.15, -0.1) is 0 Å². The Hall–Kier alpha value is -4.05. The molecule has 1 atom stereocenters. The number of hydrogen-bond acceptors (Lipinski definition) is 6. The van der Waals surface area contributed by atoms with Gasteiger partial charge in [-0.1, -0.05) is 18.2 Å². The van der Waals surface area contributed by atoms with E-state index in [-0.39, 0.29) is 11.6 Å². The van der Waals surface area contributed by atoms with E-state index < -0.39 is 5.82 Å². The average Bonchev–Trinajstić information content (AvgIpc) is 3.59. The van der Waals surface area contributed by atoms with Gasteiger partial charge in [-0.2, -0.15) is 5.10 Å². The minimum Gasteiger partial charge on any atom is -0.380 e. The summed E-state index contributed by atoms with van der Waals surface area (Å²) in [5.41, 5.74) is 2.22. The number of methoxy groups -OCH3 is 1. The summed E-state index contributed by atoms with van der Waals surface area (Å²) in [7, 11) is 1.60. The van der Waals surface area contributed by atoms with Crippen molar-refractivity contribution in [3.8, 4) is 5.69 Å². The van der Waals surface area contributed by atoms with Gasteiger partial charge in [0.1, 0.15) is 23.3 Å². The molecular weight excluding hydrogens is 437 g/mol. The van der Waals surface area contributed by atoms with Crippen molar-refractivity contribution < 1.29 is 9.13 Å². The summed E-state index contributed by atoms with van der Waals surface area (Å²) in [5.74, 6) is 0.658. The van der Waals surface area contributed by atoms with Crippen molar-refractivity contribution in [2.24, 2.45) is 0 Å². The fourth-order valence-corrected chi connectivity index (χ4v) is 4.88. The number of benzene rings is 1. The van der Waals surface area contributed by atoms with Crippen LogP contribution in [0.25, 0.3) is 22.2 Å². The van der Waals surface area contributed by atoms with Gasteiger partial charge in [0.05, 0.1) is 23.7 Å². The third kappa shape index (κ3) is 3.10. The third-order valence-corrected chi connectivity index (χ3v) is 6.33. The molecule has 5 aromatic rings. The maximum absolute atomic E-state index is 14.7. The normalized spacial score (nSPS) is 16.2. The number of fused-ring (bicyclic) bond motifs is 2. The monoisotopic (exact) mass is 459 g/mol. The van der Waals surface area contributed by atoms with Gasteiger partial charge in [0, 0.05) is 31.6 Å². The molecule has 0 radical (unpaired) electrons. The molecule has 6 rings (SSSR count). The third-order valence-electron chi connectivity index (χ3n) is 6.33. The van der Waals surface area contributed by atoms with Crippen molar-refractivity contribution in [1.82, 2.24) is 29.1 Å². The minimum absolute atomic E-state index is 0.180. The van der Waals surface area contributed by atoms with E-state index in [9.17, 15) is 9.18 Å². The first-order chi connectivity index (χ1) is 16.7. The molecule has 0 aliphatic carbocycles. The molecule has 34 heavy (non-hydrogen) atoms. The van der Waals surface area contributed by atoms with Crippen LogP contribution in [-0.2, 0) is 11.3 Å². The Morgan fingerprint density at radius 3 is 2.88 bits per heavy atom. The summed E-state index contributed by atoms with van der Waals surface area (Å²) < 4.78 is 23.2. The highest BCUT2D eigenvalue weighted by molar-refractivity contribution is 5.88. The summed E-state index contributed by atoms with van der Waals surface area (Å²) in [4.78, 5) is 27.3. The fourth-order valence-electron chi connectivity index (χ4n) is 4.88. The topological polar surface area (TPSA) is 93.3 Å². The van der Waals surface area contributed by atoms with Crippen LogP contribution in [0.4, 0.5) is 10.2 Å². The van der Waals surface area contributed by atoms with Crippen LogP contribution in [0.3, 0.4) is 0 Å². The Morgan fingerprint density at radius 1 is 1.21 bits per heavy atom. The molecule has 0 spiro atoms. The van der Waals surface area contributed by atoms with E-state index in [1.165, 1.54) is 12.5 Å². The number of nitrogens with one attached hydrogen (secondary N) is 1. The second-order valence-corrected chi connectivity index (χ2v) is 8.31. The van der Waals surface area contributed by atoms with Crippen LogP contribution >= 0.6 is 0 Å². The molecule has 9 nitrogen and oxygen atoms in total. The van der Waals surface area contributed by atoms with Crippen LogP contribution < -0.4 is 10.5 Å². The van der Waals surface area contributed by atoms with E-state index in [2.05, 4.69) is 15.0 Å². The average molecular weight is 459 g/mol. The van der Waals surface area contributed by atoms with Crippen molar-refractivity contribution >= 4 is 22.4 Å². The van der Waals surface area contributed by atoms with Gasteiger partial charge < -0.3 is 14.6 Å². The van der Waals surface area contributed by atoms with Crippen LogP contribution in [-0.4, -0.2) is 42.8 Å². The molecule has 0 amide bonds. The maximum atomic E-state index is 14.7. The zero-order valence-corrected chi connectivity index (χ0v) is 18.5. The van der Waals surface area contributed by atoms with E-state index in [1.54, 1.807) is 22.4 Å². The molecule has 1 aromatic carbocycles. The quantitative estimate of drug-likeness (QED) is 0.433. The Balaban J connectivity index is 1.59. The summed E-state index contributed by atoms with van der Waals surface area (Å²) in [6.45, 7) is 0.966. The first-order valence-corrected chi connectivity index (χ1v) is 11.1. The number of anilines is 1. The first kappa shape index (κ1) is 20.5. The molecule has 172 valence electrons. The smallest absolute Gasteiger partial charge is 0.282 e. The molecule has 1 N–H and O–H groups in total. The first-order valence-electron chi connectivity index (χ1n) is 11.1. The van der Waals surface area contributed by atoms with Crippen LogP contribution in [0.15, 0.2) is 59.9 Å². The van der Waals surface area contributed by atoms with Crippen LogP contribution in [0.2, 0.25) is 0 Å². The second-order valence-electron chi connectivity index (χ2n) is 8.31. The number of hydrogen-bond donors (Lipinski definition) is 1. The predicted molar refractivity (Wildman–Crippen MR) is 125 cm³/mol. The van der Waals surface area contributed by atoms with Crippen molar-refractivity contribution in [1.29, 1.82) is 0 Å². The lowest BCUT2D eigenvalue weighted by Crippen LogP contribution is -2.33. The molecule has 1 fully saturated rings. The number of nitrogens with zero attached hydrogens (tertiary/aromatic N) is 6. The number of para-hydroxylation sites is 1. The van der Waals surface area contributed by atoms with Crippen LogP contribution in [0, 0.1) is 5.82 Å². The lowest BCUT2D eigenvalue weighted by atomic mass is 10.1. The largest absolute Gasteiger partial charge is 0.380 e. The molecule has 1 aliphatic rings. The lowest BCUT2D eigenvalue weighted by molar-refractivity contribution is 0.186. The summed E-state index contributed by atoms with van der Waals surface area (Å²) in [5, 5.41) is 5.24. The van der Waals surface area contributed by atoms with Gasteiger partial charge in [0.15, 0.2) is 11.6 Å². The Morgan fingerprint density at radius 2 is 2.06 bits per heavy atom. The van der Waals surface area contributed by atoms with E-state index >= 15 is 0 Å². The van der Waals surface area contributed by atoms with Gasteiger partial charge in [0.2, 0.25) is 0 Å². The van der Waals surface area contributed by atoms with E-state index in [4.69, 9.17) is 9.84 Å². The van der Waals surface area contributed by atoms with Crippen molar-refractivity contribution in [3.05, 3.63) is 82.7 Å². The fraction of sp³-hybridized carbons (Fsp3) is 0.250. The number of halogens is 1. The molecule has 1 aliphatic heterocycles. The zero-order chi connectivity index (χ0) is 23.2. The second kappa shape index (κ2) is 8.07. The van der Waals surface area contributed by atoms with Crippen LogP contribution in [0.5, 0.6) is 0 Å². The molecule has 10 heteroatoms. The summed E-state index contributed by atoms with van der Waals surface area (Å²) in [6.07, 6.45) is 6.08. The lowest BCUT2D eigenvalue weighted by Gasteiger charge is -2.27. The molecule has 1 saturated heterocycles. The number of aromatic nitrogens is 6. The zero-order valence-electron chi connectivity index (χ0n) is 18.5. The molecule has 0 saturated carbocycles. The van der Waals surface area contributed by atoms with Crippen molar-refractivity contribution in [3.63, 3.8) is 0 Å². The van der Waals surface area contributed by atoms with Gasteiger partial charge in [0.25, 0.3) is 5.56 Å².